The Labute approximate surface area is 77.3 Å². The number of nitrogens with two attached hydrogens (primary N) is 1. The van der Waals surface area contributed by atoms with E-state index in [9.17, 15) is 0 Å². The molecule has 0 unspecified atom stereocenters. The Morgan fingerprint density at radius 1 is 1.50 bits per heavy atom. The van der Waals surface area contributed by atoms with Crippen LogP contribution in [-0.2, 0) is 0 Å². The molecular weight excluding hydrogens is 170 g/mol. The first-order valence-corrected chi connectivity index (χ1v) is 4.95. The van der Waals surface area contributed by atoms with E-state index in [2.05, 4.69) is 19.9 Å². The van der Waals surface area contributed by atoms with Gasteiger partial charge in [0.1, 0.15) is 5.75 Å². The molecule has 1 aromatic heterocycles. The van der Waals surface area contributed by atoms with Gasteiger partial charge in [-0.3, -0.25) is 0 Å². The van der Waals surface area contributed by atoms with Crippen molar-refractivity contribution in [1.82, 2.24) is 0 Å². The quantitative estimate of drug-likeness (QED) is 0.729. The normalized spacial score (nSPS) is 10.2. The van der Waals surface area contributed by atoms with Gasteiger partial charge in [-0.15, -0.1) is 11.3 Å². The molecular formula is C9H15NOS. The van der Waals surface area contributed by atoms with Crippen LogP contribution in [0.15, 0.2) is 6.07 Å². The lowest BCUT2D eigenvalue weighted by Gasteiger charge is -2.02. The summed E-state index contributed by atoms with van der Waals surface area (Å²) in [4.78, 5) is 2.56. The largest absolute Gasteiger partial charge is 0.492 e. The molecule has 2 nitrogen and oxygen atoms in total. The summed E-state index contributed by atoms with van der Waals surface area (Å²) in [5, 5.41) is 0. The third-order valence-electron chi connectivity index (χ3n) is 1.60. The van der Waals surface area contributed by atoms with Crippen molar-refractivity contribution in [2.24, 2.45) is 5.73 Å². The van der Waals surface area contributed by atoms with Crippen molar-refractivity contribution in [1.29, 1.82) is 0 Å². The van der Waals surface area contributed by atoms with Gasteiger partial charge >= 0.3 is 0 Å². The van der Waals surface area contributed by atoms with Crippen molar-refractivity contribution < 1.29 is 4.74 Å². The Balaban J connectivity index is 2.45. The first-order chi connectivity index (χ1) is 5.74. The van der Waals surface area contributed by atoms with E-state index >= 15 is 0 Å². The van der Waals surface area contributed by atoms with E-state index in [1.165, 1.54) is 9.75 Å². The van der Waals surface area contributed by atoms with Gasteiger partial charge in [0, 0.05) is 9.75 Å². The van der Waals surface area contributed by atoms with Crippen molar-refractivity contribution in [3.05, 3.63) is 15.8 Å². The summed E-state index contributed by atoms with van der Waals surface area (Å²) in [6, 6.07) is 2.08. The predicted molar refractivity (Wildman–Crippen MR) is 53.0 cm³/mol. The van der Waals surface area contributed by atoms with Gasteiger partial charge in [0.2, 0.25) is 0 Å². The van der Waals surface area contributed by atoms with Crippen LogP contribution in [0.5, 0.6) is 5.75 Å². The fraction of sp³-hybridized carbons (Fsp3) is 0.556. The Morgan fingerprint density at radius 2 is 2.25 bits per heavy atom. The first kappa shape index (κ1) is 9.55. The van der Waals surface area contributed by atoms with Crippen LogP contribution >= 0.6 is 11.3 Å². The summed E-state index contributed by atoms with van der Waals surface area (Å²) in [6.45, 7) is 5.60. The topological polar surface area (TPSA) is 35.2 Å². The highest BCUT2D eigenvalue weighted by molar-refractivity contribution is 7.12. The van der Waals surface area contributed by atoms with Gasteiger partial charge in [-0.05, 0) is 32.9 Å². The Kier molecular flexibility index (Phi) is 3.56. The maximum absolute atomic E-state index is 5.53. The zero-order valence-corrected chi connectivity index (χ0v) is 8.41. The molecule has 0 bridgehead atoms. The molecule has 0 saturated carbocycles. The van der Waals surface area contributed by atoms with Crippen molar-refractivity contribution >= 4 is 11.3 Å². The van der Waals surface area contributed by atoms with E-state index in [-0.39, 0.29) is 0 Å². The zero-order valence-electron chi connectivity index (χ0n) is 7.59. The standard InChI is InChI=1S/C9H15NOS/c1-7-6-9(8(2)12-7)11-5-3-4-10/h6H,3-5,10H2,1-2H3. The van der Waals surface area contributed by atoms with Crippen LogP contribution in [0.2, 0.25) is 0 Å². The van der Waals surface area contributed by atoms with Gasteiger partial charge in [0.05, 0.1) is 6.61 Å². The lowest BCUT2D eigenvalue weighted by molar-refractivity contribution is 0.313. The smallest absolute Gasteiger partial charge is 0.133 e. The third kappa shape index (κ3) is 2.50. The maximum atomic E-state index is 5.53. The summed E-state index contributed by atoms with van der Waals surface area (Å²) in [6.07, 6.45) is 0.925. The molecule has 0 aliphatic carbocycles. The molecule has 0 radical (unpaired) electrons. The molecule has 0 amide bonds. The minimum absolute atomic E-state index is 0.697. The molecule has 68 valence electrons. The van der Waals surface area contributed by atoms with E-state index in [0.717, 1.165) is 18.8 Å². The molecule has 0 saturated heterocycles. The maximum Gasteiger partial charge on any atom is 0.133 e. The van der Waals surface area contributed by atoms with Crippen molar-refractivity contribution in [3.8, 4) is 5.75 Å². The van der Waals surface area contributed by atoms with Gasteiger partial charge in [-0.2, -0.15) is 0 Å². The minimum Gasteiger partial charge on any atom is -0.492 e. The van der Waals surface area contributed by atoms with Crippen LogP contribution in [0.25, 0.3) is 0 Å². The third-order valence-corrected chi connectivity index (χ3v) is 2.55. The highest BCUT2D eigenvalue weighted by Gasteiger charge is 2.02. The summed E-state index contributed by atoms with van der Waals surface area (Å²) in [5.41, 5.74) is 5.36. The van der Waals surface area contributed by atoms with Gasteiger partial charge < -0.3 is 10.5 Å². The molecule has 0 aromatic carbocycles. The molecule has 0 aliphatic rings. The average molecular weight is 185 g/mol. The second kappa shape index (κ2) is 4.48. The monoisotopic (exact) mass is 185 g/mol. The summed E-state index contributed by atoms with van der Waals surface area (Å²) < 4.78 is 5.53. The number of rotatable bonds is 4. The van der Waals surface area contributed by atoms with Crippen LogP contribution in [0, 0.1) is 13.8 Å². The summed E-state index contributed by atoms with van der Waals surface area (Å²) in [5.74, 6) is 1.02. The Bertz CT molecular complexity index is 245. The number of ether oxygens (including phenoxy) is 1. The summed E-state index contributed by atoms with van der Waals surface area (Å²) in [7, 11) is 0. The summed E-state index contributed by atoms with van der Waals surface area (Å²) >= 11 is 1.77. The molecule has 2 N–H and O–H groups in total. The van der Waals surface area contributed by atoms with E-state index in [0.29, 0.717) is 6.54 Å². The second-order valence-electron chi connectivity index (χ2n) is 2.77. The minimum atomic E-state index is 0.697. The van der Waals surface area contributed by atoms with Crippen molar-refractivity contribution in [3.63, 3.8) is 0 Å². The molecule has 0 fully saturated rings. The fourth-order valence-corrected chi connectivity index (χ4v) is 1.88. The van der Waals surface area contributed by atoms with E-state index in [1.807, 2.05) is 0 Å². The predicted octanol–water partition coefficient (Wildman–Crippen LogP) is 2.09. The van der Waals surface area contributed by atoms with E-state index in [4.69, 9.17) is 10.5 Å². The number of hydrogen-bond donors (Lipinski definition) is 1. The molecule has 1 rings (SSSR count). The van der Waals surface area contributed by atoms with Crippen molar-refractivity contribution in [2.75, 3.05) is 13.2 Å². The van der Waals surface area contributed by atoms with E-state index in [1.54, 1.807) is 11.3 Å². The highest BCUT2D eigenvalue weighted by atomic mass is 32.1. The Hall–Kier alpha value is -0.540. The zero-order chi connectivity index (χ0) is 8.97. The molecule has 0 aliphatic heterocycles. The number of hydrogen-bond acceptors (Lipinski definition) is 3. The molecule has 0 atom stereocenters. The van der Waals surface area contributed by atoms with Crippen LogP contribution in [0.4, 0.5) is 0 Å². The highest BCUT2D eigenvalue weighted by Crippen LogP contribution is 2.27. The average Bonchev–Trinajstić information content (AvgIpc) is 2.31. The SMILES string of the molecule is Cc1cc(OCCCN)c(C)s1. The van der Waals surface area contributed by atoms with Crippen LogP contribution in [0.3, 0.4) is 0 Å². The second-order valence-corrected chi connectivity index (χ2v) is 4.23. The van der Waals surface area contributed by atoms with Gasteiger partial charge in [0.15, 0.2) is 0 Å². The van der Waals surface area contributed by atoms with E-state index < -0.39 is 0 Å². The fourth-order valence-electron chi connectivity index (χ4n) is 1.02. The van der Waals surface area contributed by atoms with Crippen LogP contribution in [-0.4, -0.2) is 13.2 Å². The lowest BCUT2D eigenvalue weighted by Crippen LogP contribution is -2.05. The lowest BCUT2D eigenvalue weighted by atomic mass is 10.4. The molecule has 3 heteroatoms. The van der Waals surface area contributed by atoms with Gasteiger partial charge in [-0.25, -0.2) is 0 Å². The molecule has 0 spiro atoms. The number of aryl methyl sites for hydroxylation is 2. The number of thiophene rings is 1. The van der Waals surface area contributed by atoms with Gasteiger partial charge in [0.25, 0.3) is 0 Å². The molecule has 1 aromatic rings. The first-order valence-electron chi connectivity index (χ1n) is 4.14. The van der Waals surface area contributed by atoms with Crippen LogP contribution in [0.1, 0.15) is 16.2 Å². The molecule has 12 heavy (non-hydrogen) atoms. The van der Waals surface area contributed by atoms with Crippen LogP contribution < -0.4 is 10.5 Å². The van der Waals surface area contributed by atoms with Crippen molar-refractivity contribution in [2.45, 2.75) is 20.3 Å². The molecule has 1 heterocycles. The Morgan fingerprint density at radius 3 is 2.75 bits per heavy atom. The van der Waals surface area contributed by atoms with Gasteiger partial charge in [-0.1, -0.05) is 0 Å².